The lowest BCUT2D eigenvalue weighted by Crippen LogP contribution is -2.29. The largest absolute Gasteiger partial charge is 0.489 e. The van der Waals surface area contributed by atoms with E-state index in [0.717, 1.165) is 17.7 Å². The zero-order chi connectivity index (χ0) is 22.2. The van der Waals surface area contributed by atoms with E-state index in [0.29, 0.717) is 29.5 Å². The first-order valence-electron chi connectivity index (χ1n) is 11.2. The quantitative estimate of drug-likeness (QED) is 0.471. The summed E-state index contributed by atoms with van der Waals surface area (Å²) in [5.41, 5.74) is 3.90. The molecule has 0 aliphatic carbocycles. The number of likely N-dealkylation sites (tertiary alicyclic amines) is 1. The second-order valence-electron chi connectivity index (χ2n) is 8.24. The van der Waals surface area contributed by atoms with Crippen LogP contribution >= 0.6 is 11.6 Å². The van der Waals surface area contributed by atoms with Gasteiger partial charge in [-0.15, -0.1) is 0 Å². The Morgan fingerprint density at radius 3 is 2.44 bits per heavy atom. The lowest BCUT2D eigenvalue weighted by Gasteiger charge is -2.26. The van der Waals surface area contributed by atoms with Crippen molar-refractivity contribution in [2.75, 3.05) is 13.1 Å². The Hall–Kier alpha value is -2.82. The van der Waals surface area contributed by atoms with Gasteiger partial charge in [-0.3, -0.25) is 9.69 Å². The van der Waals surface area contributed by atoms with Gasteiger partial charge in [0.15, 0.2) is 0 Å². The monoisotopic (exact) mass is 448 g/mol. The summed E-state index contributed by atoms with van der Waals surface area (Å²) in [5.74, 6) is 0.519. The third-order valence-corrected chi connectivity index (χ3v) is 6.15. The molecular weight excluding hydrogens is 420 g/mol. The molecule has 4 nitrogen and oxygen atoms in total. The van der Waals surface area contributed by atoms with Crippen LogP contribution in [0.15, 0.2) is 72.8 Å². The molecule has 0 unspecified atom stereocenters. The van der Waals surface area contributed by atoms with Crippen molar-refractivity contribution in [2.24, 2.45) is 0 Å². The maximum atomic E-state index is 12.6. The molecule has 4 rings (SSSR count). The average molecular weight is 449 g/mol. The predicted molar refractivity (Wildman–Crippen MR) is 129 cm³/mol. The number of rotatable bonds is 8. The second kappa shape index (κ2) is 11.2. The van der Waals surface area contributed by atoms with Crippen LogP contribution in [0.1, 0.15) is 46.3 Å². The molecule has 0 aromatic heterocycles. The van der Waals surface area contributed by atoms with Crippen molar-refractivity contribution in [3.8, 4) is 5.75 Å². The average Bonchev–Trinajstić information content (AvgIpc) is 2.84. The second-order valence-corrected chi connectivity index (χ2v) is 8.65. The molecule has 1 N–H and O–H groups in total. The third-order valence-electron chi connectivity index (χ3n) is 5.78. The van der Waals surface area contributed by atoms with Crippen molar-refractivity contribution in [1.29, 1.82) is 0 Å². The van der Waals surface area contributed by atoms with Crippen LogP contribution in [0.3, 0.4) is 0 Å². The molecule has 5 heteroatoms. The summed E-state index contributed by atoms with van der Waals surface area (Å²) in [6, 6.07) is 23.3. The molecule has 1 aliphatic rings. The summed E-state index contributed by atoms with van der Waals surface area (Å²) < 4.78 is 5.83. The number of piperidine rings is 1. The van der Waals surface area contributed by atoms with E-state index in [2.05, 4.69) is 34.5 Å². The fraction of sp³-hybridized carbons (Fsp3) is 0.296. The van der Waals surface area contributed by atoms with Crippen LogP contribution in [0.2, 0.25) is 5.02 Å². The molecule has 166 valence electrons. The number of nitrogens with zero attached hydrogens (tertiary/aromatic N) is 1. The van der Waals surface area contributed by atoms with Crippen LogP contribution in [-0.4, -0.2) is 23.9 Å². The molecule has 1 saturated heterocycles. The minimum Gasteiger partial charge on any atom is -0.489 e. The number of ether oxygens (including phenoxy) is 1. The normalized spacial score (nSPS) is 14.2. The molecule has 1 aliphatic heterocycles. The number of hydrogen-bond donors (Lipinski definition) is 1. The van der Waals surface area contributed by atoms with Crippen LogP contribution < -0.4 is 10.1 Å². The first-order chi connectivity index (χ1) is 15.7. The summed E-state index contributed by atoms with van der Waals surface area (Å²) in [7, 11) is 0. The van der Waals surface area contributed by atoms with Crippen molar-refractivity contribution >= 4 is 17.5 Å². The van der Waals surface area contributed by atoms with Gasteiger partial charge in [-0.1, -0.05) is 66.6 Å². The Balaban J connectivity index is 1.28. The van der Waals surface area contributed by atoms with Gasteiger partial charge >= 0.3 is 0 Å². The summed E-state index contributed by atoms with van der Waals surface area (Å²) in [5, 5.41) is 3.67. The minimum absolute atomic E-state index is 0.120. The zero-order valence-electron chi connectivity index (χ0n) is 18.2. The molecule has 3 aromatic rings. The van der Waals surface area contributed by atoms with Crippen LogP contribution in [0.5, 0.6) is 5.75 Å². The van der Waals surface area contributed by atoms with Gasteiger partial charge in [0.2, 0.25) is 0 Å². The molecular formula is C27H29ClN2O2. The molecule has 1 fully saturated rings. The number of nitrogens with one attached hydrogen (secondary N) is 1. The minimum atomic E-state index is -0.120. The topological polar surface area (TPSA) is 41.6 Å². The van der Waals surface area contributed by atoms with Crippen molar-refractivity contribution in [1.82, 2.24) is 10.2 Å². The number of carbonyl (C=O) groups is 1. The Bertz CT molecular complexity index is 1030. The molecule has 3 aromatic carbocycles. The van der Waals surface area contributed by atoms with E-state index in [1.54, 1.807) is 12.1 Å². The van der Waals surface area contributed by atoms with E-state index >= 15 is 0 Å². The van der Waals surface area contributed by atoms with Crippen LogP contribution in [0.4, 0.5) is 0 Å². The van der Waals surface area contributed by atoms with Crippen LogP contribution in [-0.2, 0) is 19.7 Å². The van der Waals surface area contributed by atoms with Gasteiger partial charge < -0.3 is 10.1 Å². The number of halogens is 1. The standard InChI is InChI=1S/C27H29ClN2O2/c28-26-10-3-2-7-24(26)20-32-25-9-6-8-23(17-25)27(31)29-18-21-11-13-22(14-12-21)19-30-15-4-1-5-16-30/h2-3,6-14,17H,1,4-5,15-16,18-20H2,(H,29,31). The lowest BCUT2D eigenvalue weighted by molar-refractivity contribution is 0.0950. The SMILES string of the molecule is O=C(NCc1ccc(CN2CCCCC2)cc1)c1cccc(OCc2ccccc2Cl)c1. The molecule has 32 heavy (non-hydrogen) atoms. The lowest BCUT2D eigenvalue weighted by atomic mass is 10.1. The van der Waals surface area contributed by atoms with Crippen molar-refractivity contribution in [3.63, 3.8) is 0 Å². The Morgan fingerprint density at radius 2 is 1.66 bits per heavy atom. The molecule has 0 saturated carbocycles. The van der Waals surface area contributed by atoms with Gasteiger partial charge in [-0.05, 0) is 61.3 Å². The molecule has 0 spiro atoms. The summed E-state index contributed by atoms with van der Waals surface area (Å²) in [6.45, 7) is 4.24. The van der Waals surface area contributed by atoms with E-state index in [9.17, 15) is 4.79 Å². The fourth-order valence-corrected chi connectivity index (χ4v) is 4.12. The van der Waals surface area contributed by atoms with Gasteiger partial charge in [0, 0.05) is 29.2 Å². The number of carbonyl (C=O) groups excluding carboxylic acids is 1. The van der Waals surface area contributed by atoms with Crippen molar-refractivity contribution in [3.05, 3.63) is 100 Å². The van der Waals surface area contributed by atoms with E-state index in [1.165, 1.54) is 37.9 Å². The van der Waals surface area contributed by atoms with Crippen molar-refractivity contribution in [2.45, 2.75) is 39.0 Å². The van der Waals surface area contributed by atoms with E-state index in [1.807, 2.05) is 36.4 Å². The highest BCUT2D eigenvalue weighted by Crippen LogP contribution is 2.20. The molecule has 0 bridgehead atoms. The highest BCUT2D eigenvalue weighted by Gasteiger charge is 2.11. The molecule has 0 radical (unpaired) electrons. The molecule has 0 atom stereocenters. The van der Waals surface area contributed by atoms with Gasteiger partial charge in [0.1, 0.15) is 12.4 Å². The number of amides is 1. The van der Waals surface area contributed by atoms with Gasteiger partial charge in [-0.2, -0.15) is 0 Å². The van der Waals surface area contributed by atoms with Crippen molar-refractivity contribution < 1.29 is 9.53 Å². The van der Waals surface area contributed by atoms with E-state index < -0.39 is 0 Å². The zero-order valence-corrected chi connectivity index (χ0v) is 19.0. The Kier molecular flexibility index (Phi) is 7.81. The van der Waals surface area contributed by atoms with E-state index in [4.69, 9.17) is 16.3 Å². The summed E-state index contributed by atoms with van der Waals surface area (Å²) in [6.07, 6.45) is 3.96. The Labute approximate surface area is 195 Å². The predicted octanol–water partition coefficient (Wildman–Crippen LogP) is 5.83. The first kappa shape index (κ1) is 22.4. The van der Waals surface area contributed by atoms with Gasteiger partial charge in [-0.25, -0.2) is 0 Å². The van der Waals surface area contributed by atoms with E-state index in [-0.39, 0.29) is 5.91 Å². The summed E-state index contributed by atoms with van der Waals surface area (Å²) >= 11 is 6.18. The molecule has 1 amide bonds. The van der Waals surface area contributed by atoms with Crippen LogP contribution in [0, 0.1) is 0 Å². The highest BCUT2D eigenvalue weighted by atomic mass is 35.5. The highest BCUT2D eigenvalue weighted by molar-refractivity contribution is 6.31. The third kappa shape index (κ3) is 6.35. The van der Waals surface area contributed by atoms with Crippen LogP contribution in [0.25, 0.3) is 0 Å². The fourth-order valence-electron chi connectivity index (χ4n) is 3.93. The Morgan fingerprint density at radius 1 is 0.906 bits per heavy atom. The summed E-state index contributed by atoms with van der Waals surface area (Å²) in [4.78, 5) is 15.1. The van der Waals surface area contributed by atoms with Gasteiger partial charge in [0.05, 0.1) is 0 Å². The first-order valence-corrected chi connectivity index (χ1v) is 11.6. The number of hydrogen-bond acceptors (Lipinski definition) is 3. The maximum Gasteiger partial charge on any atom is 0.251 e. The maximum absolute atomic E-state index is 12.6. The van der Waals surface area contributed by atoms with Gasteiger partial charge in [0.25, 0.3) is 5.91 Å². The smallest absolute Gasteiger partial charge is 0.251 e. The molecule has 1 heterocycles. The number of benzene rings is 3.